The first-order valence-corrected chi connectivity index (χ1v) is 6.72. The summed E-state index contributed by atoms with van der Waals surface area (Å²) in [4.78, 5) is 0. The van der Waals surface area contributed by atoms with E-state index in [2.05, 4.69) is 27.7 Å². The standard InChI is InChI=1S/C14H28O/c1-5-6-9-14(15)10-12(4)7-8-13(14)11(2)3/h11-13,15H,5-10H2,1-4H3. The molecule has 0 saturated heterocycles. The Balaban J connectivity index is 2.67. The Hall–Kier alpha value is -0.0400. The summed E-state index contributed by atoms with van der Waals surface area (Å²) in [6.45, 7) is 9.02. The number of hydrogen-bond donors (Lipinski definition) is 1. The highest BCUT2D eigenvalue weighted by Gasteiger charge is 2.41. The Kier molecular flexibility index (Phi) is 4.64. The SMILES string of the molecule is CCCCC1(O)CC(C)CCC1C(C)C. The molecule has 1 N–H and O–H groups in total. The van der Waals surface area contributed by atoms with Gasteiger partial charge in [-0.3, -0.25) is 0 Å². The molecule has 3 unspecified atom stereocenters. The van der Waals surface area contributed by atoms with Crippen molar-refractivity contribution in [1.29, 1.82) is 0 Å². The third-order valence-electron chi connectivity index (χ3n) is 4.13. The minimum Gasteiger partial charge on any atom is -0.390 e. The van der Waals surface area contributed by atoms with Gasteiger partial charge in [0.15, 0.2) is 0 Å². The van der Waals surface area contributed by atoms with Crippen LogP contribution < -0.4 is 0 Å². The van der Waals surface area contributed by atoms with Gasteiger partial charge in [-0.15, -0.1) is 0 Å². The van der Waals surface area contributed by atoms with E-state index in [4.69, 9.17) is 0 Å². The predicted molar refractivity (Wildman–Crippen MR) is 65.8 cm³/mol. The van der Waals surface area contributed by atoms with Gasteiger partial charge in [0.25, 0.3) is 0 Å². The normalized spacial score (nSPS) is 37.2. The molecule has 0 aromatic carbocycles. The summed E-state index contributed by atoms with van der Waals surface area (Å²) in [6, 6.07) is 0. The summed E-state index contributed by atoms with van der Waals surface area (Å²) < 4.78 is 0. The number of hydrogen-bond acceptors (Lipinski definition) is 1. The summed E-state index contributed by atoms with van der Waals surface area (Å²) in [6.07, 6.45) is 6.93. The number of aliphatic hydroxyl groups is 1. The van der Waals surface area contributed by atoms with E-state index in [1.54, 1.807) is 0 Å². The first-order valence-electron chi connectivity index (χ1n) is 6.72. The predicted octanol–water partition coefficient (Wildman–Crippen LogP) is 4.00. The Labute approximate surface area is 95.3 Å². The van der Waals surface area contributed by atoms with E-state index in [0.29, 0.717) is 17.8 Å². The summed E-state index contributed by atoms with van der Waals surface area (Å²) >= 11 is 0. The van der Waals surface area contributed by atoms with E-state index < -0.39 is 0 Å². The molecule has 0 aliphatic heterocycles. The van der Waals surface area contributed by atoms with Crippen molar-refractivity contribution in [3.63, 3.8) is 0 Å². The molecule has 0 amide bonds. The molecule has 0 spiro atoms. The third-order valence-corrected chi connectivity index (χ3v) is 4.13. The lowest BCUT2D eigenvalue weighted by atomic mass is 9.65. The highest BCUT2D eigenvalue weighted by atomic mass is 16.3. The maximum absolute atomic E-state index is 10.8. The zero-order chi connectivity index (χ0) is 11.5. The Bertz CT molecular complexity index is 188. The van der Waals surface area contributed by atoms with E-state index in [-0.39, 0.29) is 5.60 Å². The molecule has 0 aromatic rings. The van der Waals surface area contributed by atoms with Gasteiger partial charge < -0.3 is 5.11 Å². The van der Waals surface area contributed by atoms with Gasteiger partial charge in [-0.2, -0.15) is 0 Å². The first kappa shape index (κ1) is 13.0. The van der Waals surface area contributed by atoms with Crippen LogP contribution >= 0.6 is 0 Å². The molecule has 1 rings (SSSR count). The Morgan fingerprint density at radius 1 is 1.33 bits per heavy atom. The molecule has 1 heteroatoms. The molecule has 1 fully saturated rings. The van der Waals surface area contributed by atoms with Gasteiger partial charge in [0.1, 0.15) is 0 Å². The van der Waals surface area contributed by atoms with Crippen LogP contribution in [0.4, 0.5) is 0 Å². The minimum atomic E-state index is -0.359. The van der Waals surface area contributed by atoms with Crippen LogP contribution in [0.3, 0.4) is 0 Å². The maximum atomic E-state index is 10.8. The second-order valence-electron chi connectivity index (χ2n) is 5.94. The molecule has 1 aliphatic rings. The van der Waals surface area contributed by atoms with Crippen molar-refractivity contribution < 1.29 is 5.11 Å². The molecule has 3 atom stereocenters. The topological polar surface area (TPSA) is 20.2 Å². The van der Waals surface area contributed by atoms with Crippen molar-refractivity contribution in [3.05, 3.63) is 0 Å². The third kappa shape index (κ3) is 3.21. The van der Waals surface area contributed by atoms with E-state index >= 15 is 0 Å². The molecule has 0 heterocycles. The Morgan fingerprint density at radius 2 is 2.00 bits per heavy atom. The van der Waals surface area contributed by atoms with Gasteiger partial charge in [0.05, 0.1) is 5.60 Å². The summed E-state index contributed by atoms with van der Waals surface area (Å²) in [5.41, 5.74) is -0.359. The van der Waals surface area contributed by atoms with Gasteiger partial charge in [-0.1, -0.05) is 47.0 Å². The lowest BCUT2D eigenvalue weighted by Gasteiger charge is -2.45. The van der Waals surface area contributed by atoms with Crippen molar-refractivity contribution in [3.8, 4) is 0 Å². The maximum Gasteiger partial charge on any atom is 0.0680 e. The monoisotopic (exact) mass is 212 g/mol. The molecule has 1 nitrogen and oxygen atoms in total. The van der Waals surface area contributed by atoms with Crippen molar-refractivity contribution in [1.82, 2.24) is 0 Å². The first-order chi connectivity index (χ1) is 6.99. The average Bonchev–Trinajstić information content (AvgIpc) is 2.14. The number of unbranched alkanes of at least 4 members (excludes halogenated alkanes) is 1. The molecule has 0 radical (unpaired) electrons. The molecule has 1 aliphatic carbocycles. The largest absolute Gasteiger partial charge is 0.390 e. The van der Waals surface area contributed by atoms with Crippen LogP contribution in [0.25, 0.3) is 0 Å². The minimum absolute atomic E-state index is 0.359. The van der Waals surface area contributed by atoms with Crippen LogP contribution in [-0.2, 0) is 0 Å². The van der Waals surface area contributed by atoms with Gasteiger partial charge in [0, 0.05) is 0 Å². The second-order valence-corrected chi connectivity index (χ2v) is 5.94. The molecular formula is C14H28O. The van der Waals surface area contributed by atoms with Gasteiger partial charge >= 0.3 is 0 Å². The summed E-state index contributed by atoms with van der Waals surface area (Å²) in [5.74, 6) is 1.86. The molecule has 0 bridgehead atoms. The molecule has 1 saturated carbocycles. The average molecular weight is 212 g/mol. The van der Waals surface area contributed by atoms with Crippen LogP contribution in [0.1, 0.15) is 66.2 Å². The molecular weight excluding hydrogens is 184 g/mol. The summed E-state index contributed by atoms with van der Waals surface area (Å²) in [7, 11) is 0. The van der Waals surface area contributed by atoms with Crippen LogP contribution in [0.2, 0.25) is 0 Å². The fraction of sp³-hybridized carbons (Fsp3) is 1.00. The van der Waals surface area contributed by atoms with Crippen LogP contribution in [0.5, 0.6) is 0 Å². The lowest BCUT2D eigenvalue weighted by Crippen LogP contribution is -2.45. The lowest BCUT2D eigenvalue weighted by molar-refractivity contribution is -0.0869. The van der Waals surface area contributed by atoms with Crippen molar-refractivity contribution >= 4 is 0 Å². The van der Waals surface area contributed by atoms with Gasteiger partial charge in [-0.25, -0.2) is 0 Å². The van der Waals surface area contributed by atoms with E-state index in [1.807, 2.05) is 0 Å². The fourth-order valence-electron chi connectivity index (χ4n) is 3.31. The quantitative estimate of drug-likeness (QED) is 0.747. The van der Waals surface area contributed by atoms with Gasteiger partial charge in [0.2, 0.25) is 0 Å². The molecule has 0 aromatic heterocycles. The van der Waals surface area contributed by atoms with Crippen LogP contribution in [-0.4, -0.2) is 10.7 Å². The molecule has 15 heavy (non-hydrogen) atoms. The van der Waals surface area contributed by atoms with Crippen LogP contribution in [0, 0.1) is 17.8 Å². The van der Waals surface area contributed by atoms with Crippen molar-refractivity contribution in [2.75, 3.05) is 0 Å². The van der Waals surface area contributed by atoms with Crippen LogP contribution in [0.15, 0.2) is 0 Å². The summed E-state index contributed by atoms with van der Waals surface area (Å²) in [5, 5.41) is 10.8. The zero-order valence-electron chi connectivity index (χ0n) is 10.9. The fourth-order valence-corrected chi connectivity index (χ4v) is 3.31. The van der Waals surface area contributed by atoms with E-state index in [1.165, 1.54) is 25.7 Å². The molecule has 90 valence electrons. The van der Waals surface area contributed by atoms with E-state index in [0.717, 1.165) is 12.8 Å². The van der Waals surface area contributed by atoms with Crippen molar-refractivity contribution in [2.24, 2.45) is 17.8 Å². The number of rotatable bonds is 4. The smallest absolute Gasteiger partial charge is 0.0680 e. The highest BCUT2D eigenvalue weighted by Crippen LogP contribution is 2.43. The van der Waals surface area contributed by atoms with Gasteiger partial charge in [-0.05, 0) is 37.0 Å². The zero-order valence-corrected chi connectivity index (χ0v) is 10.9. The highest BCUT2D eigenvalue weighted by molar-refractivity contribution is 4.93. The van der Waals surface area contributed by atoms with E-state index in [9.17, 15) is 5.11 Å². The second kappa shape index (κ2) is 5.34. The Morgan fingerprint density at radius 3 is 2.53 bits per heavy atom. The van der Waals surface area contributed by atoms with Crippen molar-refractivity contribution in [2.45, 2.75) is 71.8 Å².